The van der Waals surface area contributed by atoms with Gasteiger partial charge in [0, 0.05) is 36.7 Å². The van der Waals surface area contributed by atoms with Gasteiger partial charge in [0.1, 0.15) is 5.82 Å². The van der Waals surface area contributed by atoms with Gasteiger partial charge in [-0.2, -0.15) is 4.98 Å². The maximum absolute atomic E-state index is 12.0. The van der Waals surface area contributed by atoms with E-state index in [0.29, 0.717) is 24.6 Å². The van der Waals surface area contributed by atoms with Crippen molar-refractivity contribution < 1.29 is 4.79 Å². The van der Waals surface area contributed by atoms with Crippen LogP contribution in [-0.4, -0.2) is 42.0 Å². The number of aromatic nitrogens is 6. The first-order valence-corrected chi connectivity index (χ1v) is 6.88. The van der Waals surface area contributed by atoms with Gasteiger partial charge in [0.05, 0.1) is 0 Å². The summed E-state index contributed by atoms with van der Waals surface area (Å²) in [4.78, 5) is 28.8. The van der Waals surface area contributed by atoms with Crippen LogP contribution in [-0.2, 0) is 6.42 Å². The Kier molecular flexibility index (Phi) is 3.73. The van der Waals surface area contributed by atoms with E-state index in [0.717, 1.165) is 11.4 Å². The van der Waals surface area contributed by atoms with Crippen LogP contribution in [0.2, 0.25) is 0 Å². The normalized spacial score (nSPS) is 10.8. The SMILES string of the molecule is Cc1cc(C)nc(CCNC(=O)c2nc3ncccn3n2)n1. The zero-order valence-electron chi connectivity index (χ0n) is 12.3. The smallest absolute Gasteiger partial charge is 0.291 e. The zero-order valence-corrected chi connectivity index (χ0v) is 12.3. The minimum atomic E-state index is -0.338. The Balaban J connectivity index is 1.62. The molecule has 8 heteroatoms. The van der Waals surface area contributed by atoms with E-state index in [4.69, 9.17) is 0 Å². The number of nitrogens with one attached hydrogen (secondary N) is 1. The van der Waals surface area contributed by atoms with Gasteiger partial charge in [0.2, 0.25) is 5.82 Å². The summed E-state index contributed by atoms with van der Waals surface area (Å²) in [5.74, 6) is 0.864. The lowest BCUT2D eigenvalue weighted by Crippen LogP contribution is -2.27. The number of carbonyl (C=O) groups is 1. The second-order valence-corrected chi connectivity index (χ2v) is 4.87. The van der Waals surface area contributed by atoms with Crippen molar-refractivity contribution in [1.29, 1.82) is 0 Å². The average molecular weight is 297 g/mol. The Morgan fingerprint density at radius 2 is 2.00 bits per heavy atom. The number of fused-ring (bicyclic) bond motifs is 1. The Morgan fingerprint density at radius 3 is 2.73 bits per heavy atom. The Hall–Kier alpha value is -2.90. The molecule has 0 bridgehead atoms. The first-order chi connectivity index (χ1) is 10.6. The second kappa shape index (κ2) is 5.84. The molecule has 0 radical (unpaired) electrons. The van der Waals surface area contributed by atoms with Gasteiger partial charge in [0.25, 0.3) is 11.7 Å². The van der Waals surface area contributed by atoms with Crippen molar-refractivity contribution in [3.05, 3.63) is 47.6 Å². The lowest BCUT2D eigenvalue weighted by Gasteiger charge is -2.04. The maximum Gasteiger partial charge on any atom is 0.291 e. The van der Waals surface area contributed by atoms with Crippen molar-refractivity contribution in [2.75, 3.05) is 6.54 Å². The van der Waals surface area contributed by atoms with Crippen LogP contribution in [0.25, 0.3) is 5.78 Å². The van der Waals surface area contributed by atoms with Crippen LogP contribution in [0.1, 0.15) is 27.8 Å². The second-order valence-electron chi connectivity index (χ2n) is 4.87. The molecule has 0 aliphatic rings. The molecule has 3 rings (SSSR count). The van der Waals surface area contributed by atoms with Crippen LogP contribution in [0.4, 0.5) is 0 Å². The van der Waals surface area contributed by atoms with Crippen molar-refractivity contribution in [3.63, 3.8) is 0 Å². The lowest BCUT2D eigenvalue weighted by atomic mass is 10.3. The molecule has 3 heterocycles. The highest BCUT2D eigenvalue weighted by Crippen LogP contribution is 2.00. The summed E-state index contributed by atoms with van der Waals surface area (Å²) in [6.07, 6.45) is 3.85. The summed E-state index contributed by atoms with van der Waals surface area (Å²) in [6.45, 7) is 4.26. The van der Waals surface area contributed by atoms with E-state index in [1.807, 2.05) is 19.9 Å². The fourth-order valence-electron chi connectivity index (χ4n) is 2.11. The van der Waals surface area contributed by atoms with Gasteiger partial charge in [0.15, 0.2) is 0 Å². The van der Waals surface area contributed by atoms with E-state index in [2.05, 4.69) is 30.4 Å². The minimum Gasteiger partial charge on any atom is -0.349 e. The van der Waals surface area contributed by atoms with E-state index in [9.17, 15) is 4.79 Å². The van der Waals surface area contributed by atoms with Crippen molar-refractivity contribution in [3.8, 4) is 0 Å². The third-order valence-electron chi connectivity index (χ3n) is 2.98. The molecule has 1 N–H and O–H groups in total. The Labute approximate surface area is 126 Å². The molecule has 112 valence electrons. The maximum atomic E-state index is 12.0. The molecule has 3 aromatic heterocycles. The zero-order chi connectivity index (χ0) is 15.5. The molecular weight excluding hydrogens is 282 g/mol. The highest BCUT2D eigenvalue weighted by molar-refractivity contribution is 5.90. The van der Waals surface area contributed by atoms with Gasteiger partial charge in [-0.05, 0) is 26.0 Å². The molecule has 0 saturated carbocycles. The predicted octanol–water partition coefficient (Wildman–Crippen LogP) is 0.504. The van der Waals surface area contributed by atoms with E-state index < -0.39 is 0 Å². The van der Waals surface area contributed by atoms with Crippen LogP contribution in [0, 0.1) is 13.8 Å². The topological polar surface area (TPSA) is 98.0 Å². The largest absolute Gasteiger partial charge is 0.349 e. The van der Waals surface area contributed by atoms with E-state index in [1.165, 1.54) is 4.52 Å². The van der Waals surface area contributed by atoms with Crippen LogP contribution in [0.15, 0.2) is 24.5 Å². The summed E-state index contributed by atoms with van der Waals surface area (Å²) >= 11 is 0. The molecule has 0 aliphatic carbocycles. The monoisotopic (exact) mass is 297 g/mol. The number of rotatable bonds is 4. The number of carbonyl (C=O) groups excluding carboxylic acids is 1. The first-order valence-electron chi connectivity index (χ1n) is 6.88. The lowest BCUT2D eigenvalue weighted by molar-refractivity contribution is 0.0944. The molecule has 22 heavy (non-hydrogen) atoms. The summed E-state index contributed by atoms with van der Waals surface area (Å²) in [5.41, 5.74) is 1.84. The van der Waals surface area contributed by atoms with Crippen molar-refractivity contribution in [1.82, 2.24) is 34.9 Å². The third-order valence-corrected chi connectivity index (χ3v) is 2.98. The minimum absolute atomic E-state index is 0.0973. The number of hydrogen-bond acceptors (Lipinski definition) is 6. The number of hydrogen-bond donors (Lipinski definition) is 1. The van der Waals surface area contributed by atoms with Gasteiger partial charge in [-0.25, -0.2) is 19.5 Å². The molecule has 1 amide bonds. The van der Waals surface area contributed by atoms with E-state index in [1.54, 1.807) is 18.5 Å². The molecule has 0 aromatic carbocycles. The summed E-state index contributed by atoms with van der Waals surface area (Å²) < 4.78 is 1.46. The van der Waals surface area contributed by atoms with Gasteiger partial charge in [-0.3, -0.25) is 4.79 Å². The van der Waals surface area contributed by atoms with Crippen molar-refractivity contribution in [2.24, 2.45) is 0 Å². The van der Waals surface area contributed by atoms with Crippen LogP contribution < -0.4 is 5.32 Å². The van der Waals surface area contributed by atoms with Crippen LogP contribution >= 0.6 is 0 Å². The van der Waals surface area contributed by atoms with Gasteiger partial charge < -0.3 is 5.32 Å². The molecule has 3 aromatic rings. The number of nitrogens with zero attached hydrogens (tertiary/aromatic N) is 6. The van der Waals surface area contributed by atoms with Gasteiger partial charge in [-0.15, -0.1) is 5.10 Å². The molecule has 0 aliphatic heterocycles. The standard InChI is InChI=1S/C14H15N7O/c1-9-8-10(2)18-11(17-9)4-6-15-13(22)12-19-14-16-5-3-7-21(14)20-12/h3,5,7-8H,4,6H2,1-2H3,(H,15,22). The van der Waals surface area contributed by atoms with Crippen molar-refractivity contribution >= 4 is 11.7 Å². The summed E-state index contributed by atoms with van der Waals surface area (Å²) in [7, 11) is 0. The van der Waals surface area contributed by atoms with Crippen molar-refractivity contribution in [2.45, 2.75) is 20.3 Å². The molecule has 0 unspecified atom stereocenters. The Morgan fingerprint density at radius 1 is 1.23 bits per heavy atom. The fraction of sp³-hybridized carbons (Fsp3) is 0.286. The summed E-state index contributed by atoms with van der Waals surface area (Å²) in [6, 6.07) is 3.64. The fourth-order valence-corrected chi connectivity index (χ4v) is 2.11. The Bertz CT molecular complexity index is 774. The summed E-state index contributed by atoms with van der Waals surface area (Å²) in [5, 5.41) is 6.83. The third kappa shape index (κ3) is 3.05. The van der Waals surface area contributed by atoms with Crippen LogP contribution in [0.3, 0.4) is 0 Å². The van der Waals surface area contributed by atoms with E-state index in [-0.39, 0.29) is 11.7 Å². The highest BCUT2D eigenvalue weighted by atomic mass is 16.2. The average Bonchev–Trinajstić information content (AvgIpc) is 2.90. The number of amides is 1. The molecule has 8 nitrogen and oxygen atoms in total. The highest BCUT2D eigenvalue weighted by Gasteiger charge is 2.12. The molecule has 0 atom stereocenters. The number of aryl methyl sites for hydroxylation is 2. The van der Waals surface area contributed by atoms with Gasteiger partial charge in [-0.1, -0.05) is 0 Å². The molecular formula is C14H15N7O. The molecule has 0 spiro atoms. The van der Waals surface area contributed by atoms with Gasteiger partial charge >= 0.3 is 0 Å². The van der Waals surface area contributed by atoms with Crippen LogP contribution in [0.5, 0.6) is 0 Å². The molecule has 0 saturated heterocycles. The van der Waals surface area contributed by atoms with E-state index >= 15 is 0 Å². The quantitative estimate of drug-likeness (QED) is 0.753. The first kappa shape index (κ1) is 14.1. The molecule has 0 fully saturated rings. The predicted molar refractivity (Wildman–Crippen MR) is 78.3 cm³/mol.